The lowest BCUT2D eigenvalue weighted by molar-refractivity contribution is -0.141. The number of alkyl halides is 3. The zero-order valence-electron chi connectivity index (χ0n) is 15.3. The quantitative estimate of drug-likeness (QED) is 0.717. The van der Waals surface area contributed by atoms with Crippen molar-refractivity contribution in [2.45, 2.75) is 12.7 Å². The van der Waals surface area contributed by atoms with E-state index in [0.29, 0.717) is 23.3 Å². The summed E-state index contributed by atoms with van der Waals surface area (Å²) in [6.07, 6.45) is -3.02. The zero-order chi connectivity index (χ0) is 20.5. The zero-order valence-corrected chi connectivity index (χ0v) is 15.3. The summed E-state index contributed by atoms with van der Waals surface area (Å²) in [7, 11) is 4.49. The van der Waals surface area contributed by atoms with Crippen LogP contribution in [0.25, 0.3) is 11.3 Å². The number of hydrogen-bond acceptors (Lipinski definition) is 5. The van der Waals surface area contributed by atoms with E-state index in [1.165, 1.54) is 14.2 Å². The number of aromatic nitrogens is 5. The van der Waals surface area contributed by atoms with Crippen LogP contribution in [0, 0.1) is 0 Å². The number of nitrogens with one attached hydrogen (secondary N) is 1. The number of nitrogens with zero attached hydrogens (tertiary/aromatic N) is 5. The van der Waals surface area contributed by atoms with Crippen LogP contribution in [0.4, 0.5) is 13.2 Å². The van der Waals surface area contributed by atoms with Crippen LogP contribution in [-0.2, 0) is 26.8 Å². The lowest BCUT2D eigenvalue weighted by Crippen LogP contribution is -2.26. The molecule has 0 bridgehead atoms. The summed E-state index contributed by atoms with van der Waals surface area (Å²) >= 11 is 0. The third-order valence-electron chi connectivity index (χ3n) is 4.05. The second kappa shape index (κ2) is 7.33. The van der Waals surface area contributed by atoms with Crippen LogP contribution in [0.15, 0.2) is 30.5 Å². The SMILES string of the molecule is COc1cc(-c2cc(CNC(=O)c3cc(C(F)(F)F)nn3C)n(C)n2)ccn1. The maximum absolute atomic E-state index is 12.7. The average Bonchev–Trinajstić information content (AvgIpc) is 3.22. The molecular formula is C17H17F3N6O2. The first-order valence-corrected chi connectivity index (χ1v) is 8.12. The molecule has 0 radical (unpaired) electrons. The molecule has 3 aromatic heterocycles. The minimum absolute atomic E-state index is 0.0804. The first-order valence-electron chi connectivity index (χ1n) is 8.12. The number of aryl methyl sites for hydroxylation is 2. The van der Waals surface area contributed by atoms with Gasteiger partial charge in [0.25, 0.3) is 5.91 Å². The number of rotatable bonds is 5. The highest BCUT2D eigenvalue weighted by atomic mass is 19.4. The molecule has 0 unspecified atom stereocenters. The molecule has 8 nitrogen and oxygen atoms in total. The van der Waals surface area contributed by atoms with E-state index in [0.717, 1.165) is 10.2 Å². The molecule has 0 aliphatic carbocycles. The maximum Gasteiger partial charge on any atom is 0.435 e. The summed E-state index contributed by atoms with van der Waals surface area (Å²) in [6.45, 7) is 0.0804. The van der Waals surface area contributed by atoms with Crippen LogP contribution >= 0.6 is 0 Å². The molecule has 0 fully saturated rings. The van der Waals surface area contributed by atoms with Gasteiger partial charge in [-0.05, 0) is 12.1 Å². The van der Waals surface area contributed by atoms with E-state index in [-0.39, 0.29) is 12.2 Å². The van der Waals surface area contributed by atoms with Crippen molar-refractivity contribution >= 4 is 5.91 Å². The lowest BCUT2D eigenvalue weighted by atomic mass is 10.2. The van der Waals surface area contributed by atoms with Crippen molar-refractivity contribution in [1.82, 2.24) is 29.9 Å². The molecule has 0 atom stereocenters. The molecule has 0 aliphatic heterocycles. The fraction of sp³-hybridized carbons (Fsp3) is 0.294. The first-order chi connectivity index (χ1) is 13.2. The van der Waals surface area contributed by atoms with Gasteiger partial charge in [-0.2, -0.15) is 23.4 Å². The Hall–Kier alpha value is -3.37. The molecule has 3 heterocycles. The molecule has 1 amide bonds. The van der Waals surface area contributed by atoms with Crippen LogP contribution in [0.3, 0.4) is 0 Å². The van der Waals surface area contributed by atoms with Crippen molar-refractivity contribution in [1.29, 1.82) is 0 Å². The number of carbonyl (C=O) groups is 1. The van der Waals surface area contributed by atoms with Gasteiger partial charge in [0.2, 0.25) is 5.88 Å². The van der Waals surface area contributed by atoms with Crippen LogP contribution < -0.4 is 10.1 Å². The van der Waals surface area contributed by atoms with E-state index in [2.05, 4.69) is 20.5 Å². The van der Waals surface area contributed by atoms with E-state index in [1.807, 2.05) is 0 Å². The van der Waals surface area contributed by atoms with E-state index in [1.54, 1.807) is 36.1 Å². The van der Waals surface area contributed by atoms with Gasteiger partial charge in [-0.15, -0.1) is 0 Å². The largest absolute Gasteiger partial charge is 0.481 e. The average molecular weight is 394 g/mol. The van der Waals surface area contributed by atoms with Gasteiger partial charge in [0.1, 0.15) is 5.69 Å². The third kappa shape index (κ3) is 3.97. The minimum atomic E-state index is -4.61. The lowest BCUT2D eigenvalue weighted by Gasteiger charge is -2.05. The number of pyridine rings is 1. The van der Waals surface area contributed by atoms with Gasteiger partial charge >= 0.3 is 6.18 Å². The molecule has 0 saturated heterocycles. The Balaban J connectivity index is 1.74. The molecule has 3 rings (SSSR count). The topological polar surface area (TPSA) is 86.9 Å². The number of halogens is 3. The van der Waals surface area contributed by atoms with Gasteiger partial charge < -0.3 is 10.1 Å². The normalized spacial score (nSPS) is 11.5. The Labute approximate surface area is 157 Å². The maximum atomic E-state index is 12.7. The number of amides is 1. The van der Waals surface area contributed by atoms with Gasteiger partial charge in [0.15, 0.2) is 5.69 Å². The molecule has 28 heavy (non-hydrogen) atoms. The van der Waals surface area contributed by atoms with Crippen molar-refractivity contribution in [3.63, 3.8) is 0 Å². The summed E-state index contributed by atoms with van der Waals surface area (Å²) in [5.74, 6) is -0.228. The van der Waals surface area contributed by atoms with Crippen molar-refractivity contribution in [3.05, 3.63) is 47.5 Å². The number of methoxy groups -OCH3 is 1. The molecule has 3 aromatic rings. The van der Waals surface area contributed by atoms with Crippen LogP contribution in [0.1, 0.15) is 21.9 Å². The summed E-state index contributed by atoms with van der Waals surface area (Å²) in [5.41, 5.74) is 0.786. The van der Waals surface area contributed by atoms with Crippen molar-refractivity contribution in [3.8, 4) is 17.1 Å². The third-order valence-corrected chi connectivity index (χ3v) is 4.05. The number of hydrogen-bond donors (Lipinski definition) is 1. The Kier molecular flexibility index (Phi) is 5.08. The molecule has 1 N–H and O–H groups in total. The van der Waals surface area contributed by atoms with E-state index in [4.69, 9.17) is 4.74 Å². The first kappa shape index (κ1) is 19.4. The fourth-order valence-corrected chi connectivity index (χ4v) is 2.57. The van der Waals surface area contributed by atoms with Crippen molar-refractivity contribution in [2.75, 3.05) is 7.11 Å². The fourth-order valence-electron chi connectivity index (χ4n) is 2.57. The van der Waals surface area contributed by atoms with Gasteiger partial charge in [-0.1, -0.05) is 0 Å². The van der Waals surface area contributed by atoms with E-state index < -0.39 is 17.8 Å². The summed E-state index contributed by atoms with van der Waals surface area (Å²) in [4.78, 5) is 16.3. The Morgan fingerprint density at radius 3 is 2.57 bits per heavy atom. The molecule has 0 aliphatic rings. The molecule has 11 heteroatoms. The summed E-state index contributed by atoms with van der Waals surface area (Å²) in [5, 5.41) is 10.3. The smallest absolute Gasteiger partial charge is 0.435 e. The predicted octanol–water partition coefficient (Wildman–Crippen LogP) is 2.17. The highest BCUT2D eigenvalue weighted by molar-refractivity contribution is 5.92. The standard InChI is InChI=1S/C17H17F3N6O2/c1-25-11(7-12(23-25)10-4-5-21-15(6-10)28-3)9-22-16(27)13-8-14(17(18,19)20)24-26(13)2/h4-8H,9H2,1-3H3,(H,22,27). The van der Waals surface area contributed by atoms with Gasteiger partial charge in [0.05, 0.1) is 25.0 Å². The monoisotopic (exact) mass is 394 g/mol. The minimum Gasteiger partial charge on any atom is -0.481 e. The summed E-state index contributed by atoms with van der Waals surface area (Å²) in [6, 6.07) is 5.97. The number of carbonyl (C=O) groups excluding carboxylic acids is 1. The Morgan fingerprint density at radius 2 is 1.93 bits per heavy atom. The van der Waals surface area contributed by atoms with Gasteiger partial charge in [0, 0.05) is 38.0 Å². The number of ether oxygens (including phenoxy) is 1. The second-order valence-corrected chi connectivity index (χ2v) is 5.95. The Bertz CT molecular complexity index is 1010. The van der Waals surface area contributed by atoms with Gasteiger partial charge in [-0.25, -0.2) is 4.98 Å². The predicted molar refractivity (Wildman–Crippen MR) is 92.4 cm³/mol. The van der Waals surface area contributed by atoms with Crippen molar-refractivity contribution in [2.24, 2.45) is 14.1 Å². The van der Waals surface area contributed by atoms with Crippen LogP contribution in [-0.4, -0.2) is 37.6 Å². The van der Waals surface area contributed by atoms with Crippen LogP contribution in [0.5, 0.6) is 5.88 Å². The Morgan fingerprint density at radius 1 is 1.18 bits per heavy atom. The van der Waals surface area contributed by atoms with Crippen LogP contribution in [0.2, 0.25) is 0 Å². The molecular weight excluding hydrogens is 377 g/mol. The highest BCUT2D eigenvalue weighted by Gasteiger charge is 2.35. The second-order valence-electron chi connectivity index (χ2n) is 5.95. The molecule has 148 valence electrons. The van der Waals surface area contributed by atoms with E-state index >= 15 is 0 Å². The summed E-state index contributed by atoms with van der Waals surface area (Å²) < 4.78 is 45.8. The molecule has 0 saturated carbocycles. The van der Waals surface area contributed by atoms with Gasteiger partial charge in [-0.3, -0.25) is 14.2 Å². The highest BCUT2D eigenvalue weighted by Crippen LogP contribution is 2.28. The van der Waals surface area contributed by atoms with Crippen molar-refractivity contribution < 1.29 is 22.7 Å². The molecule has 0 spiro atoms. The molecule has 0 aromatic carbocycles. The van der Waals surface area contributed by atoms with E-state index in [9.17, 15) is 18.0 Å².